The molecule has 2 bridgehead atoms. The van der Waals surface area contributed by atoms with Crippen molar-refractivity contribution in [3.8, 4) is 29.0 Å². The Morgan fingerprint density at radius 1 is 1.20 bits per heavy atom. The van der Waals surface area contributed by atoms with E-state index in [9.17, 15) is 19.6 Å². The quantitative estimate of drug-likeness (QED) is 0.343. The zero-order valence-electron chi connectivity index (χ0n) is 25.0. The first-order valence-electron chi connectivity index (χ1n) is 15.7. The summed E-state index contributed by atoms with van der Waals surface area (Å²) in [6.07, 6.45) is 3.01. The second kappa shape index (κ2) is 10.4. The number of halogens is 2. The molecule has 232 valence electrons. The Morgan fingerprint density at radius 2 is 1.98 bits per heavy atom. The SMILES string of the molecule is Cn1c(-c2cc(O)cc3ccccc23)c(F)c2nc(OC[C@@]34CCCN3C[C@H](F)C4)c(C#N)c(N3CC4CCC(C3)N4)c2c1=O. The normalized spacial score (nSPS) is 26.1. The van der Waals surface area contributed by atoms with E-state index < -0.39 is 23.1 Å². The van der Waals surface area contributed by atoms with Crippen LogP contribution in [0.15, 0.2) is 41.2 Å². The van der Waals surface area contributed by atoms with E-state index >= 15 is 4.39 Å². The van der Waals surface area contributed by atoms with Crippen LogP contribution in [0, 0.1) is 17.1 Å². The summed E-state index contributed by atoms with van der Waals surface area (Å²) in [7, 11) is 1.50. The number of phenolic OH excluding ortho intramolecular Hbond substituents is 1. The molecule has 0 saturated carbocycles. The lowest BCUT2D eigenvalue weighted by Gasteiger charge is -2.36. The Hall–Kier alpha value is -4.27. The molecule has 9 nitrogen and oxygen atoms in total. The Labute approximate surface area is 258 Å². The minimum Gasteiger partial charge on any atom is -0.508 e. The van der Waals surface area contributed by atoms with Crippen molar-refractivity contribution in [2.24, 2.45) is 7.05 Å². The molecular weight excluding hydrogens is 578 g/mol. The first-order chi connectivity index (χ1) is 21.8. The average molecular weight is 613 g/mol. The Bertz CT molecular complexity index is 1960. The predicted octanol–water partition coefficient (Wildman–Crippen LogP) is 4.37. The number of fused-ring (bicyclic) bond motifs is 5. The molecule has 4 fully saturated rings. The Balaban J connectivity index is 1.36. The van der Waals surface area contributed by atoms with Gasteiger partial charge in [0.05, 0.1) is 22.3 Å². The van der Waals surface area contributed by atoms with Gasteiger partial charge < -0.3 is 24.6 Å². The molecule has 2 aromatic heterocycles. The van der Waals surface area contributed by atoms with Crippen LogP contribution < -0.4 is 20.5 Å². The molecule has 0 aliphatic carbocycles. The van der Waals surface area contributed by atoms with Crippen molar-refractivity contribution in [2.75, 3.05) is 37.7 Å². The first-order valence-corrected chi connectivity index (χ1v) is 15.7. The zero-order valence-corrected chi connectivity index (χ0v) is 25.0. The molecule has 4 aromatic rings. The number of hydrogen-bond acceptors (Lipinski definition) is 8. The van der Waals surface area contributed by atoms with Gasteiger partial charge in [-0.3, -0.25) is 9.69 Å². The van der Waals surface area contributed by atoms with Crippen molar-refractivity contribution in [3.63, 3.8) is 0 Å². The monoisotopic (exact) mass is 612 g/mol. The van der Waals surface area contributed by atoms with Crippen LogP contribution in [0.5, 0.6) is 11.6 Å². The fourth-order valence-electron chi connectivity index (χ4n) is 8.38. The number of nitriles is 1. The maximum absolute atomic E-state index is 17.1. The fraction of sp³-hybridized carbons (Fsp3) is 0.441. The molecule has 0 amide bonds. The largest absolute Gasteiger partial charge is 0.508 e. The molecule has 2 unspecified atom stereocenters. The molecule has 2 N–H and O–H groups in total. The van der Waals surface area contributed by atoms with Gasteiger partial charge in [0.25, 0.3) is 5.56 Å². The second-order valence-electron chi connectivity index (χ2n) is 13.1. The Kier molecular flexibility index (Phi) is 6.52. The van der Waals surface area contributed by atoms with E-state index in [-0.39, 0.29) is 52.5 Å². The molecule has 4 aliphatic heterocycles. The summed E-state index contributed by atoms with van der Waals surface area (Å²) >= 11 is 0. The molecule has 6 heterocycles. The lowest BCUT2D eigenvalue weighted by atomic mass is 9.95. The van der Waals surface area contributed by atoms with E-state index in [1.165, 1.54) is 17.7 Å². The summed E-state index contributed by atoms with van der Waals surface area (Å²) in [5.74, 6) is -0.859. The summed E-state index contributed by atoms with van der Waals surface area (Å²) in [4.78, 5) is 23.0. The molecule has 0 spiro atoms. The standard InChI is InChI=1S/C34H34F2N6O3/c1-40-31(25-12-23(43)11-19-5-2-3-6-24(19)25)28(36)29-27(33(40)44)30(41-16-21-7-8-22(17-41)38-21)26(14-37)32(39-29)45-18-34-9-4-10-42(34)15-20(35)13-34/h2-3,5-6,11-12,20-22,38,43H,4,7-10,13,15-18H2,1H3/t20-,21?,22?,34+/m1/s1. The van der Waals surface area contributed by atoms with Gasteiger partial charge in [0.15, 0.2) is 5.82 Å². The highest BCUT2D eigenvalue weighted by molar-refractivity contribution is 6.01. The van der Waals surface area contributed by atoms with E-state index in [2.05, 4.69) is 21.3 Å². The van der Waals surface area contributed by atoms with E-state index in [0.717, 1.165) is 32.2 Å². The summed E-state index contributed by atoms with van der Waals surface area (Å²) in [5, 5.41) is 26.1. The van der Waals surface area contributed by atoms with Crippen molar-refractivity contribution < 1.29 is 18.6 Å². The molecule has 4 atom stereocenters. The van der Waals surface area contributed by atoms with E-state index in [1.807, 2.05) is 29.2 Å². The molecular formula is C34H34F2N6O3. The maximum atomic E-state index is 17.1. The van der Waals surface area contributed by atoms with Crippen LogP contribution in [0.25, 0.3) is 32.9 Å². The van der Waals surface area contributed by atoms with Crippen LogP contribution in [0.1, 0.15) is 37.7 Å². The lowest BCUT2D eigenvalue weighted by molar-refractivity contribution is 0.110. The molecule has 45 heavy (non-hydrogen) atoms. The van der Waals surface area contributed by atoms with Gasteiger partial charge in [0, 0.05) is 50.7 Å². The third-order valence-electron chi connectivity index (χ3n) is 10.4. The highest BCUT2D eigenvalue weighted by Gasteiger charge is 2.49. The van der Waals surface area contributed by atoms with Gasteiger partial charge in [-0.2, -0.15) is 5.26 Å². The van der Waals surface area contributed by atoms with Gasteiger partial charge in [-0.05, 0) is 55.1 Å². The number of pyridine rings is 2. The number of phenols is 1. The number of benzene rings is 2. The zero-order chi connectivity index (χ0) is 31.0. The number of rotatable bonds is 5. The lowest BCUT2D eigenvalue weighted by Crippen LogP contribution is -2.51. The van der Waals surface area contributed by atoms with Crippen molar-refractivity contribution in [1.29, 1.82) is 5.26 Å². The summed E-state index contributed by atoms with van der Waals surface area (Å²) in [5.41, 5.74) is -0.447. The summed E-state index contributed by atoms with van der Waals surface area (Å²) in [6, 6.07) is 12.9. The van der Waals surface area contributed by atoms with Gasteiger partial charge in [0.2, 0.25) is 5.88 Å². The van der Waals surface area contributed by atoms with Crippen molar-refractivity contribution in [1.82, 2.24) is 19.8 Å². The van der Waals surface area contributed by atoms with E-state index in [4.69, 9.17) is 4.74 Å². The smallest absolute Gasteiger partial charge is 0.262 e. The number of aromatic nitrogens is 2. The van der Waals surface area contributed by atoms with E-state index in [1.54, 1.807) is 6.07 Å². The number of anilines is 1. The van der Waals surface area contributed by atoms with Crippen molar-refractivity contribution in [3.05, 3.63) is 58.1 Å². The predicted molar refractivity (Wildman–Crippen MR) is 167 cm³/mol. The number of aromatic hydroxyl groups is 1. The molecule has 0 radical (unpaired) electrons. The van der Waals surface area contributed by atoms with Gasteiger partial charge in [-0.15, -0.1) is 0 Å². The van der Waals surface area contributed by atoms with Crippen molar-refractivity contribution in [2.45, 2.75) is 55.9 Å². The molecule has 4 aliphatic rings. The van der Waals surface area contributed by atoms with Gasteiger partial charge >= 0.3 is 0 Å². The minimum atomic E-state index is -0.957. The molecule has 4 saturated heterocycles. The van der Waals surface area contributed by atoms with Gasteiger partial charge in [0.1, 0.15) is 35.7 Å². The van der Waals surface area contributed by atoms with Crippen LogP contribution in [-0.2, 0) is 7.05 Å². The molecule has 2 aromatic carbocycles. The third-order valence-corrected chi connectivity index (χ3v) is 10.4. The number of nitrogens with zero attached hydrogens (tertiary/aromatic N) is 5. The topological polar surface area (TPSA) is 107 Å². The van der Waals surface area contributed by atoms with Crippen LogP contribution in [0.3, 0.4) is 0 Å². The summed E-state index contributed by atoms with van der Waals surface area (Å²) in [6.45, 7) is 2.34. The third kappa shape index (κ3) is 4.37. The molecule has 8 rings (SSSR count). The number of piperazine rings is 1. The average Bonchev–Trinajstić information content (AvgIpc) is 3.68. The van der Waals surface area contributed by atoms with Crippen LogP contribution in [0.4, 0.5) is 14.5 Å². The van der Waals surface area contributed by atoms with Crippen LogP contribution in [-0.4, -0.2) is 76.1 Å². The first kappa shape index (κ1) is 28.2. The number of alkyl halides is 1. The van der Waals surface area contributed by atoms with Gasteiger partial charge in [-0.25, -0.2) is 13.8 Å². The molecule has 11 heteroatoms. The number of ether oxygens (including phenoxy) is 1. The second-order valence-corrected chi connectivity index (χ2v) is 13.1. The van der Waals surface area contributed by atoms with Gasteiger partial charge in [-0.1, -0.05) is 24.3 Å². The van der Waals surface area contributed by atoms with Crippen LogP contribution >= 0.6 is 0 Å². The highest BCUT2D eigenvalue weighted by atomic mass is 19.1. The van der Waals surface area contributed by atoms with E-state index in [0.29, 0.717) is 48.1 Å². The fourth-order valence-corrected chi connectivity index (χ4v) is 8.38. The summed E-state index contributed by atoms with van der Waals surface area (Å²) < 4.78 is 39.2. The maximum Gasteiger partial charge on any atom is 0.262 e. The Morgan fingerprint density at radius 3 is 2.76 bits per heavy atom. The van der Waals surface area contributed by atoms with Crippen molar-refractivity contribution >= 4 is 27.4 Å². The minimum absolute atomic E-state index is 0.0225. The highest BCUT2D eigenvalue weighted by Crippen LogP contribution is 2.43. The van der Waals surface area contributed by atoms with Crippen LogP contribution in [0.2, 0.25) is 0 Å². The number of nitrogens with one attached hydrogen (secondary N) is 1. The number of hydrogen-bond donors (Lipinski definition) is 2.